The van der Waals surface area contributed by atoms with Crippen LogP contribution in [0.1, 0.15) is 25.7 Å². The molecule has 9 heteroatoms. The summed E-state index contributed by atoms with van der Waals surface area (Å²) in [5.41, 5.74) is 1.10. The van der Waals surface area contributed by atoms with Crippen LogP contribution in [0.3, 0.4) is 0 Å². The lowest BCUT2D eigenvalue weighted by Gasteiger charge is -2.35. The van der Waals surface area contributed by atoms with Gasteiger partial charge in [0.15, 0.2) is 11.5 Å². The minimum absolute atomic E-state index is 0.0551. The number of benzene rings is 2. The largest absolute Gasteiger partial charge is 0.485 e. The molecule has 3 aliphatic heterocycles. The van der Waals surface area contributed by atoms with Crippen LogP contribution in [0, 0.1) is 0 Å². The summed E-state index contributed by atoms with van der Waals surface area (Å²) in [5, 5.41) is 0. The van der Waals surface area contributed by atoms with Gasteiger partial charge in [-0.3, -0.25) is 4.79 Å². The van der Waals surface area contributed by atoms with E-state index in [2.05, 4.69) is 4.90 Å². The number of carbonyl (C=O) groups excluding carboxylic acids is 1. The van der Waals surface area contributed by atoms with Gasteiger partial charge in [-0.25, -0.2) is 8.42 Å². The third kappa shape index (κ3) is 4.72. The number of rotatable bonds is 4. The first-order chi connectivity index (χ1) is 16.5. The number of sulfonamides is 1. The predicted octanol–water partition coefficient (Wildman–Crippen LogP) is 2.74. The molecule has 34 heavy (non-hydrogen) atoms. The topological polar surface area (TPSA) is 79.4 Å². The van der Waals surface area contributed by atoms with Crippen LogP contribution in [0.2, 0.25) is 0 Å². The van der Waals surface area contributed by atoms with Gasteiger partial charge in [-0.15, -0.1) is 0 Å². The number of likely N-dealkylation sites (tertiary alicyclic amines) is 1. The number of hydrogen-bond donors (Lipinski definition) is 0. The van der Waals surface area contributed by atoms with Gasteiger partial charge in [-0.05, 0) is 37.1 Å². The minimum Gasteiger partial charge on any atom is -0.485 e. The van der Waals surface area contributed by atoms with E-state index in [1.54, 1.807) is 12.1 Å². The normalized spacial score (nSPS) is 21.7. The van der Waals surface area contributed by atoms with Crippen LogP contribution in [-0.4, -0.2) is 75.5 Å². The first kappa shape index (κ1) is 23.0. The molecule has 2 aromatic rings. The summed E-state index contributed by atoms with van der Waals surface area (Å²) in [7, 11) is -3.66. The minimum atomic E-state index is -3.66. The summed E-state index contributed by atoms with van der Waals surface area (Å²) >= 11 is 0. The summed E-state index contributed by atoms with van der Waals surface area (Å²) in [6.07, 6.45) is 3.62. The van der Waals surface area contributed by atoms with Crippen LogP contribution in [0.25, 0.3) is 0 Å². The third-order valence-corrected chi connectivity index (χ3v) is 8.66. The van der Waals surface area contributed by atoms with Crippen LogP contribution in [0.4, 0.5) is 5.69 Å². The van der Waals surface area contributed by atoms with Gasteiger partial charge in [-0.2, -0.15) is 4.31 Å². The van der Waals surface area contributed by atoms with E-state index in [1.807, 2.05) is 35.2 Å². The van der Waals surface area contributed by atoms with E-state index in [4.69, 9.17) is 9.47 Å². The van der Waals surface area contributed by atoms with Gasteiger partial charge in [0.05, 0.1) is 4.90 Å². The van der Waals surface area contributed by atoms with Gasteiger partial charge in [0.1, 0.15) is 6.61 Å². The van der Waals surface area contributed by atoms with E-state index in [1.165, 1.54) is 10.4 Å². The van der Waals surface area contributed by atoms with Crippen molar-refractivity contribution in [3.8, 4) is 11.5 Å². The summed E-state index contributed by atoms with van der Waals surface area (Å²) in [5.74, 6) is 0.719. The number of amides is 1. The number of anilines is 1. The van der Waals surface area contributed by atoms with E-state index in [0.29, 0.717) is 37.7 Å². The van der Waals surface area contributed by atoms with Crippen LogP contribution in [-0.2, 0) is 14.8 Å². The Hall–Kier alpha value is -2.78. The second-order valence-corrected chi connectivity index (χ2v) is 10.9. The number of carbonyl (C=O) groups is 1. The molecule has 3 aliphatic rings. The van der Waals surface area contributed by atoms with Gasteiger partial charge >= 0.3 is 0 Å². The van der Waals surface area contributed by atoms with Gasteiger partial charge in [0.25, 0.3) is 5.91 Å². The number of fused-ring (bicyclic) bond motifs is 1. The number of para-hydroxylation sites is 1. The molecule has 1 amide bonds. The van der Waals surface area contributed by atoms with Crippen molar-refractivity contribution in [3.05, 3.63) is 48.5 Å². The molecule has 5 rings (SSSR count). The monoisotopic (exact) mass is 485 g/mol. The van der Waals surface area contributed by atoms with E-state index >= 15 is 0 Å². The average Bonchev–Trinajstić information content (AvgIpc) is 3.18. The van der Waals surface area contributed by atoms with Gasteiger partial charge in [-0.1, -0.05) is 31.0 Å². The fraction of sp³-hybridized carbons (Fsp3) is 0.480. The Labute approximate surface area is 201 Å². The quantitative estimate of drug-likeness (QED) is 0.663. The fourth-order valence-corrected chi connectivity index (χ4v) is 6.24. The second kappa shape index (κ2) is 9.84. The van der Waals surface area contributed by atoms with Crippen molar-refractivity contribution >= 4 is 21.6 Å². The van der Waals surface area contributed by atoms with E-state index in [0.717, 1.165) is 44.5 Å². The van der Waals surface area contributed by atoms with Crippen molar-refractivity contribution in [2.45, 2.75) is 36.7 Å². The lowest BCUT2D eigenvalue weighted by atomic mass is 10.2. The molecule has 0 aliphatic carbocycles. The van der Waals surface area contributed by atoms with E-state index < -0.39 is 16.1 Å². The van der Waals surface area contributed by atoms with E-state index in [-0.39, 0.29) is 17.4 Å². The lowest BCUT2D eigenvalue weighted by Crippen LogP contribution is -2.48. The Kier molecular flexibility index (Phi) is 6.65. The van der Waals surface area contributed by atoms with Crippen LogP contribution < -0.4 is 14.4 Å². The number of piperazine rings is 1. The molecule has 2 fully saturated rings. The third-order valence-electron chi connectivity index (χ3n) is 6.77. The van der Waals surface area contributed by atoms with Crippen LogP contribution in [0.15, 0.2) is 53.4 Å². The SMILES string of the molecule is O=C([C@H]1COc2cc(S(=O)(=O)N3CCN(c4ccccc4)CC3)ccc2O1)N1CCCCCC1. The lowest BCUT2D eigenvalue weighted by molar-refractivity contribution is -0.141. The molecule has 2 aromatic carbocycles. The molecule has 3 heterocycles. The molecule has 0 radical (unpaired) electrons. The van der Waals surface area contributed by atoms with Gasteiger partial charge in [0, 0.05) is 51.0 Å². The molecule has 1 atom stereocenters. The Morgan fingerprint density at radius 3 is 2.24 bits per heavy atom. The van der Waals surface area contributed by atoms with Gasteiger partial charge < -0.3 is 19.3 Å². The number of ether oxygens (including phenoxy) is 2. The molecule has 0 unspecified atom stereocenters. The maximum Gasteiger partial charge on any atom is 0.267 e. The van der Waals surface area contributed by atoms with Crippen molar-refractivity contribution in [2.24, 2.45) is 0 Å². The first-order valence-electron chi connectivity index (χ1n) is 12.0. The molecule has 0 saturated carbocycles. The second-order valence-electron chi connectivity index (χ2n) is 8.99. The van der Waals surface area contributed by atoms with Gasteiger partial charge in [0.2, 0.25) is 16.1 Å². The van der Waals surface area contributed by atoms with Crippen LogP contribution in [0.5, 0.6) is 11.5 Å². The summed E-state index contributed by atoms with van der Waals surface area (Å²) in [6, 6.07) is 14.7. The molecule has 0 aromatic heterocycles. The molecule has 0 bridgehead atoms. The zero-order valence-corrected chi connectivity index (χ0v) is 20.1. The first-order valence-corrected chi connectivity index (χ1v) is 13.5. The molecular formula is C25H31N3O5S. The van der Waals surface area contributed by atoms with Crippen molar-refractivity contribution < 1.29 is 22.7 Å². The van der Waals surface area contributed by atoms with Crippen molar-refractivity contribution in [3.63, 3.8) is 0 Å². The van der Waals surface area contributed by atoms with Crippen molar-refractivity contribution in [2.75, 3.05) is 50.8 Å². The summed E-state index contributed by atoms with van der Waals surface area (Å²) in [4.78, 5) is 17.1. The Morgan fingerprint density at radius 2 is 1.53 bits per heavy atom. The zero-order valence-electron chi connectivity index (χ0n) is 19.3. The highest BCUT2D eigenvalue weighted by atomic mass is 32.2. The standard InChI is InChI=1S/C25H31N3O5S/c29-25(27-12-6-1-2-7-13-27)24-19-32-23-18-21(10-11-22(23)33-24)34(30,31)28-16-14-26(15-17-28)20-8-4-3-5-9-20/h3-5,8-11,18,24H,1-2,6-7,12-17,19H2/t24-/m1/s1. The van der Waals surface area contributed by atoms with E-state index in [9.17, 15) is 13.2 Å². The highest BCUT2D eigenvalue weighted by molar-refractivity contribution is 7.89. The maximum absolute atomic E-state index is 13.3. The molecular weight excluding hydrogens is 454 g/mol. The molecule has 182 valence electrons. The molecule has 8 nitrogen and oxygen atoms in total. The maximum atomic E-state index is 13.3. The smallest absolute Gasteiger partial charge is 0.267 e. The Bertz CT molecular complexity index is 1110. The molecule has 2 saturated heterocycles. The number of nitrogens with zero attached hydrogens (tertiary/aromatic N) is 3. The van der Waals surface area contributed by atoms with Crippen molar-refractivity contribution in [1.29, 1.82) is 0 Å². The summed E-state index contributed by atoms with van der Waals surface area (Å²) < 4.78 is 39.8. The summed E-state index contributed by atoms with van der Waals surface area (Å²) in [6.45, 7) is 3.68. The average molecular weight is 486 g/mol. The molecule has 0 spiro atoms. The highest BCUT2D eigenvalue weighted by Crippen LogP contribution is 2.35. The van der Waals surface area contributed by atoms with Crippen molar-refractivity contribution in [1.82, 2.24) is 9.21 Å². The van der Waals surface area contributed by atoms with Crippen LogP contribution >= 0.6 is 0 Å². The highest BCUT2D eigenvalue weighted by Gasteiger charge is 2.34. The number of hydrogen-bond acceptors (Lipinski definition) is 6. The Morgan fingerprint density at radius 1 is 0.824 bits per heavy atom. The molecule has 0 N–H and O–H groups in total. The Balaban J connectivity index is 1.24. The predicted molar refractivity (Wildman–Crippen MR) is 129 cm³/mol. The zero-order chi connectivity index (χ0) is 23.5. The fourth-order valence-electron chi connectivity index (χ4n) is 4.80.